The molecule has 2 rings (SSSR count). The molecule has 1 aromatic heterocycles. The lowest BCUT2D eigenvalue weighted by atomic mass is 10.2. The van der Waals surface area contributed by atoms with E-state index in [4.69, 9.17) is 4.84 Å². The van der Waals surface area contributed by atoms with E-state index < -0.39 is 17.8 Å². The molecule has 1 saturated heterocycles. The number of carbonyl (C=O) groups is 3. The molecule has 1 aliphatic rings. The first kappa shape index (κ1) is 26.3. The summed E-state index contributed by atoms with van der Waals surface area (Å²) in [5.74, 6) is -0.687. The van der Waals surface area contributed by atoms with Crippen molar-refractivity contribution >= 4 is 23.6 Å². The van der Waals surface area contributed by atoms with E-state index in [1.54, 1.807) is 6.20 Å². The number of unbranched alkanes of at least 4 members (excludes halogenated alkanes) is 1. The summed E-state index contributed by atoms with van der Waals surface area (Å²) in [5.41, 5.74) is 0.865. The zero-order chi connectivity index (χ0) is 22.2. The molecule has 1 fully saturated rings. The largest absolute Gasteiger partial charge is 0.333 e. The molecule has 29 heavy (non-hydrogen) atoms. The van der Waals surface area contributed by atoms with Crippen LogP contribution in [-0.2, 0) is 19.2 Å². The van der Waals surface area contributed by atoms with Crippen molar-refractivity contribution in [2.24, 2.45) is 0 Å². The molecule has 0 radical (unpaired) electrons. The Morgan fingerprint density at radius 3 is 2.24 bits per heavy atom. The molecule has 2 amide bonds. The number of rotatable bonds is 8. The van der Waals surface area contributed by atoms with Crippen molar-refractivity contribution in [1.82, 2.24) is 10.0 Å². The van der Waals surface area contributed by atoms with Crippen LogP contribution in [0.25, 0.3) is 0 Å². The van der Waals surface area contributed by atoms with Crippen LogP contribution in [0.15, 0.2) is 36.7 Å². The van der Waals surface area contributed by atoms with Gasteiger partial charge in [-0.25, -0.2) is 9.78 Å². The van der Waals surface area contributed by atoms with Gasteiger partial charge in [0, 0.05) is 37.7 Å². The maximum Gasteiger partial charge on any atom is 0.333 e. The first-order valence-corrected chi connectivity index (χ1v) is 10.3. The van der Waals surface area contributed by atoms with Gasteiger partial charge in [-0.3, -0.25) is 9.59 Å². The van der Waals surface area contributed by atoms with Crippen molar-refractivity contribution < 1.29 is 19.2 Å². The zero-order valence-electron chi connectivity index (χ0n) is 18.4. The Morgan fingerprint density at radius 2 is 1.76 bits per heavy atom. The van der Waals surface area contributed by atoms with E-state index in [9.17, 15) is 14.4 Å². The molecule has 162 valence electrons. The quantitative estimate of drug-likeness (QED) is 0.463. The predicted octanol–water partition coefficient (Wildman–Crippen LogP) is 4.64. The van der Waals surface area contributed by atoms with E-state index in [2.05, 4.69) is 25.4 Å². The summed E-state index contributed by atoms with van der Waals surface area (Å²) in [7, 11) is 0. The number of anilines is 1. The fourth-order valence-electron chi connectivity index (χ4n) is 2.36. The summed E-state index contributed by atoms with van der Waals surface area (Å²) >= 11 is 0. The molecule has 0 atom stereocenters. The SMILES string of the molecule is C=C(C)N(CCCCC(=O)ON1C(=O)CCC1=O)c1ccccn1.CC.CCC. The third-order valence-corrected chi connectivity index (χ3v) is 3.60. The fourth-order valence-corrected chi connectivity index (χ4v) is 2.36. The van der Waals surface area contributed by atoms with Crippen LogP contribution in [0.3, 0.4) is 0 Å². The van der Waals surface area contributed by atoms with Crippen LogP contribution >= 0.6 is 0 Å². The summed E-state index contributed by atoms with van der Waals surface area (Å²) < 4.78 is 0. The summed E-state index contributed by atoms with van der Waals surface area (Å²) in [6, 6.07) is 5.64. The first-order chi connectivity index (χ1) is 13.9. The van der Waals surface area contributed by atoms with Crippen LogP contribution in [0.2, 0.25) is 0 Å². The van der Waals surface area contributed by atoms with Crippen molar-refractivity contribution in [1.29, 1.82) is 0 Å². The van der Waals surface area contributed by atoms with Gasteiger partial charge in [-0.05, 0) is 31.9 Å². The van der Waals surface area contributed by atoms with Gasteiger partial charge in [-0.2, -0.15) is 0 Å². The number of pyridine rings is 1. The van der Waals surface area contributed by atoms with Gasteiger partial charge in [0.1, 0.15) is 5.82 Å². The number of hydrogen-bond donors (Lipinski definition) is 0. The van der Waals surface area contributed by atoms with Gasteiger partial charge in [-0.1, -0.05) is 46.8 Å². The van der Waals surface area contributed by atoms with Crippen LogP contribution in [0.1, 0.15) is 73.1 Å². The average Bonchev–Trinajstić information content (AvgIpc) is 3.02. The van der Waals surface area contributed by atoms with Gasteiger partial charge in [0.05, 0.1) is 0 Å². The molecule has 1 aliphatic heterocycles. The maximum atomic E-state index is 11.7. The molecule has 7 heteroatoms. The molecule has 1 aromatic rings. The fraction of sp³-hybridized carbons (Fsp3) is 0.545. The molecule has 2 heterocycles. The number of hydroxylamine groups is 2. The molecule has 0 bridgehead atoms. The Bertz CT molecular complexity index is 631. The van der Waals surface area contributed by atoms with Gasteiger partial charge >= 0.3 is 5.97 Å². The van der Waals surface area contributed by atoms with Crippen molar-refractivity contribution in [3.05, 3.63) is 36.7 Å². The van der Waals surface area contributed by atoms with E-state index in [-0.39, 0.29) is 19.3 Å². The molecule has 0 unspecified atom stereocenters. The topological polar surface area (TPSA) is 79.8 Å². The highest BCUT2D eigenvalue weighted by atomic mass is 16.7. The molecular weight excluding hydrogens is 370 g/mol. The highest BCUT2D eigenvalue weighted by Gasteiger charge is 2.32. The lowest BCUT2D eigenvalue weighted by Crippen LogP contribution is -2.32. The van der Waals surface area contributed by atoms with E-state index in [0.29, 0.717) is 18.0 Å². The van der Waals surface area contributed by atoms with Crippen LogP contribution in [0.4, 0.5) is 5.82 Å². The maximum absolute atomic E-state index is 11.7. The number of imide groups is 1. The Labute approximate surface area is 174 Å². The van der Waals surface area contributed by atoms with E-state index in [0.717, 1.165) is 17.9 Å². The lowest BCUT2D eigenvalue weighted by Gasteiger charge is -2.23. The second-order valence-corrected chi connectivity index (χ2v) is 6.28. The first-order valence-electron chi connectivity index (χ1n) is 10.3. The van der Waals surface area contributed by atoms with Crippen molar-refractivity contribution in [3.63, 3.8) is 0 Å². The zero-order valence-corrected chi connectivity index (χ0v) is 18.4. The second kappa shape index (κ2) is 15.2. The minimum Gasteiger partial charge on any atom is -0.331 e. The van der Waals surface area contributed by atoms with Crippen LogP contribution in [-0.4, -0.2) is 34.4 Å². The summed E-state index contributed by atoms with van der Waals surface area (Å²) in [5, 5.41) is 0.580. The Balaban J connectivity index is 0.00000143. The second-order valence-electron chi connectivity index (χ2n) is 6.28. The number of allylic oxidation sites excluding steroid dienone is 1. The summed E-state index contributed by atoms with van der Waals surface area (Å²) in [4.78, 5) is 45.6. The van der Waals surface area contributed by atoms with Crippen molar-refractivity contribution in [2.75, 3.05) is 11.4 Å². The molecule has 0 aliphatic carbocycles. The highest BCUT2D eigenvalue weighted by Crippen LogP contribution is 2.16. The number of hydrogen-bond acceptors (Lipinski definition) is 6. The van der Waals surface area contributed by atoms with Crippen molar-refractivity contribution in [3.8, 4) is 0 Å². The van der Waals surface area contributed by atoms with Crippen molar-refractivity contribution in [2.45, 2.75) is 73.1 Å². The standard InChI is InChI=1S/C17H21N3O4.C3H8.C2H6/c1-13(2)19(14-7-3-5-11-18-14)12-6-4-8-17(23)24-20-15(21)9-10-16(20)22;1-3-2;1-2/h3,5,7,11H,1,4,6,8-10,12H2,2H3;3H2,1-2H3;1-2H3. The highest BCUT2D eigenvalue weighted by molar-refractivity contribution is 6.01. The van der Waals surface area contributed by atoms with Gasteiger partial charge in [0.15, 0.2) is 0 Å². The van der Waals surface area contributed by atoms with Crippen LogP contribution in [0, 0.1) is 0 Å². The monoisotopic (exact) mass is 405 g/mol. The Kier molecular flexibility index (Phi) is 13.8. The van der Waals surface area contributed by atoms with E-state index >= 15 is 0 Å². The number of amides is 2. The third-order valence-electron chi connectivity index (χ3n) is 3.60. The normalized spacial score (nSPS) is 12.4. The van der Waals surface area contributed by atoms with Gasteiger partial charge < -0.3 is 9.74 Å². The lowest BCUT2D eigenvalue weighted by molar-refractivity contribution is -0.197. The van der Waals surface area contributed by atoms with Gasteiger partial charge in [0.2, 0.25) is 0 Å². The molecule has 0 N–H and O–H groups in total. The summed E-state index contributed by atoms with van der Waals surface area (Å²) in [6.07, 6.45) is 4.61. The minimum absolute atomic E-state index is 0.101. The molecular formula is C22H35N3O4. The van der Waals surface area contributed by atoms with Crippen LogP contribution < -0.4 is 4.90 Å². The minimum atomic E-state index is -0.571. The number of carbonyl (C=O) groups excluding carboxylic acids is 3. The van der Waals surface area contributed by atoms with Crippen LogP contribution in [0.5, 0.6) is 0 Å². The van der Waals surface area contributed by atoms with Gasteiger partial charge in [0.25, 0.3) is 11.8 Å². The summed E-state index contributed by atoms with van der Waals surface area (Å²) in [6.45, 7) is 14.8. The molecule has 0 spiro atoms. The van der Waals surface area contributed by atoms with E-state index in [1.165, 1.54) is 6.42 Å². The smallest absolute Gasteiger partial charge is 0.331 e. The molecule has 0 saturated carbocycles. The predicted molar refractivity (Wildman–Crippen MR) is 115 cm³/mol. The molecule has 0 aromatic carbocycles. The average molecular weight is 406 g/mol. The number of aromatic nitrogens is 1. The third kappa shape index (κ3) is 9.87. The molecule has 7 nitrogen and oxygen atoms in total. The van der Waals surface area contributed by atoms with E-state index in [1.807, 2.05) is 43.9 Å². The Morgan fingerprint density at radius 1 is 1.17 bits per heavy atom. The Hall–Kier alpha value is -2.70. The van der Waals surface area contributed by atoms with Gasteiger partial charge in [-0.15, -0.1) is 5.06 Å². The number of nitrogens with zero attached hydrogens (tertiary/aromatic N) is 3.